The van der Waals surface area contributed by atoms with Gasteiger partial charge in [-0.1, -0.05) is 12.1 Å². The van der Waals surface area contributed by atoms with Crippen molar-refractivity contribution in [1.82, 2.24) is 15.1 Å². The number of nitrogens with one attached hydrogen (secondary N) is 1. The number of carbonyl (C=O) groups excluding carboxylic acids is 1. The number of nitriles is 1. The molecule has 2 rings (SSSR count). The topological polar surface area (TPSA) is 59.4 Å². The maximum Gasteiger partial charge on any atom is 0.236 e. The van der Waals surface area contributed by atoms with Crippen LogP contribution in [-0.2, 0) is 4.79 Å². The molecule has 1 amide bonds. The van der Waals surface area contributed by atoms with E-state index in [1.54, 1.807) is 12.1 Å². The fourth-order valence-electron chi connectivity index (χ4n) is 2.37. The second-order valence-corrected chi connectivity index (χ2v) is 5.52. The summed E-state index contributed by atoms with van der Waals surface area (Å²) in [6, 6.07) is 9.65. The number of amides is 1. The van der Waals surface area contributed by atoms with Crippen molar-refractivity contribution >= 4 is 5.91 Å². The van der Waals surface area contributed by atoms with Crippen LogP contribution in [0.3, 0.4) is 0 Å². The highest BCUT2D eigenvalue weighted by atomic mass is 16.2. The van der Waals surface area contributed by atoms with Gasteiger partial charge in [0.05, 0.1) is 18.2 Å². The van der Waals surface area contributed by atoms with Crippen molar-refractivity contribution in [2.24, 2.45) is 0 Å². The summed E-state index contributed by atoms with van der Waals surface area (Å²) in [6.45, 7) is 5.88. The number of rotatable bonds is 4. The van der Waals surface area contributed by atoms with E-state index < -0.39 is 0 Å². The first-order chi connectivity index (χ1) is 10.1. The Morgan fingerprint density at radius 3 is 2.48 bits per heavy atom. The Bertz CT molecular complexity index is 512. The quantitative estimate of drug-likeness (QED) is 0.896. The lowest BCUT2D eigenvalue weighted by molar-refractivity contribution is -0.131. The van der Waals surface area contributed by atoms with Gasteiger partial charge >= 0.3 is 0 Å². The van der Waals surface area contributed by atoms with E-state index in [0.29, 0.717) is 12.1 Å². The summed E-state index contributed by atoms with van der Waals surface area (Å²) in [5.41, 5.74) is 1.74. The minimum absolute atomic E-state index is 0.0918. The number of benzene rings is 1. The fraction of sp³-hybridized carbons (Fsp3) is 0.500. The Kier molecular flexibility index (Phi) is 5.32. The van der Waals surface area contributed by atoms with Crippen molar-refractivity contribution in [3.63, 3.8) is 0 Å². The van der Waals surface area contributed by atoms with E-state index >= 15 is 0 Å². The molecule has 1 aliphatic rings. The fourth-order valence-corrected chi connectivity index (χ4v) is 2.37. The minimum atomic E-state index is 0.0918. The van der Waals surface area contributed by atoms with Crippen LogP contribution in [0.1, 0.15) is 24.1 Å². The summed E-state index contributed by atoms with van der Waals surface area (Å²) in [4.78, 5) is 16.3. The standard InChI is InChI=1S/C16H22N4O/c1-13(15-5-3-14(11-17)4-6-15)18-12-16(21)20-9-7-19(2)8-10-20/h3-6,13,18H,7-10,12H2,1-2H3. The highest BCUT2D eigenvalue weighted by Gasteiger charge is 2.19. The lowest BCUT2D eigenvalue weighted by atomic mass is 10.1. The van der Waals surface area contributed by atoms with Gasteiger partial charge in [-0.05, 0) is 31.7 Å². The van der Waals surface area contributed by atoms with Crippen LogP contribution in [0.25, 0.3) is 0 Å². The van der Waals surface area contributed by atoms with E-state index in [4.69, 9.17) is 5.26 Å². The number of piperazine rings is 1. The van der Waals surface area contributed by atoms with Gasteiger partial charge in [0.1, 0.15) is 0 Å². The van der Waals surface area contributed by atoms with E-state index in [1.807, 2.05) is 24.0 Å². The lowest BCUT2D eigenvalue weighted by Crippen LogP contribution is -2.49. The largest absolute Gasteiger partial charge is 0.339 e. The molecule has 1 N–H and O–H groups in total. The average molecular weight is 286 g/mol. The van der Waals surface area contributed by atoms with Crippen LogP contribution >= 0.6 is 0 Å². The number of nitrogens with zero attached hydrogens (tertiary/aromatic N) is 3. The van der Waals surface area contributed by atoms with Crippen molar-refractivity contribution in [3.05, 3.63) is 35.4 Å². The summed E-state index contributed by atoms with van der Waals surface area (Å²) in [5.74, 6) is 0.156. The molecule has 5 heteroatoms. The Hall–Kier alpha value is -1.90. The predicted octanol–water partition coefficient (Wildman–Crippen LogP) is 0.983. The molecule has 0 bridgehead atoms. The molecule has 1 aromatic carbocycles. The summed E-state index contributed by atoms with van der Waals surface area (Å²) in [5, 5.41) is 12.0. The van der Waals surface area contributed by atoms with E-state index in [-0.39, 0.29) is 11.9 Å². The van der Waals surface area contributed by atoms with E-state index in [2.05, 4.69) is 23.3 Å². The molecule has 5 nitrogen and oxygen atoms in total. The van der Waals surface area contributed by atoms with Gasteiger partial charge in [0.15, 0.2) is 0 Å². The molecule has 112 valence electrons. The van der Waals surface area contributed by atoms with E-state index in [9.17, 15) is 4.79 Å². The molecule has 0 aliphatic carbocycles. The zero-order valence-electron chi connectivity index (χ0n) is 12.7. The van der Waals surface area contributed by atoms with E-state index in [0.717, 1.165) is 31.7 Å². The van der Waals surface area contributed by atoms with E-state index in [1.165, 1.54) is 0 Å². The third-order valence-electron chi connectivity index (χ3n) is 3.96. The first kappa shape index (κ1) is 15.5. The van der Waals surface area contributed by atoms with Gasteiger partial charge in [-0.15, -0.1) is 0 Å². The lowest BCUT2D eigenvalue weighted by Gasteiger charge is -2.32. The first-order valence-corrected chi connectivity index (χ1v) is 7.30. The molecule has 1 fully saturated rings. The van der Waals surface area contributed by atoms with Gasteiger partial charge in [0.25, 0.3) is 0 Å². The van der Waals surface area contributed by atoms with Gasteiger partial charge < -0.3 is 15.1 Å². The number of carbonyl (C=O) groups is 1. The zero-order chi connectivity index (χ0) is 15.2. The molecule has 1 aliphatic heterocycles. The highest BCUT2D eigenvalue weighted by Crippen LogP contribution is 2.13. The van der Waals surface area contributed by atoms with Crippen LogP contribution in [0.5, 0.6) is 0 Å². The molecule has 1 aromatic rings. The molecule has 1 unspecified atom stereocenters. The normalized spacial score (nSPS) is 17.3. The van der Waals surface area contributed by atoms with Crippen molar-refractivity contribution < 1.29 is 4.79 Å². The van der Waals surface area contributed by atoms with Crippen molar-refractivity contribution in [2.45, 2.75) is 13.0 Å². The molecule has 1 saturated heterocycles. The SMILES string of the molecule is CC(NCC(=O)N1CCN(C)CC1)c1ccc(C#N)cc1. The van der Waals surface area contributed by atoms with Crippen molar-refractivity contribution in [1.29, 1.82) is 5.26 Å². The number of hydrogen-bond donors (Lipinski definition) is 1. The molecule has 0 spiro atoms. The third kappa shape index (κ3) is 4.28. The van der Waals surface area contributed by atoms with Crippen LogP contribution < -0.4 is 5.32 Å². The second-order valence-electron chi connectivity index (χ2n) is 5.52. The smallest absolute Gasteiger partial charge is 0.236 e. The predicted molar refractivity (Wildman–Crippen MR) is 81.7 cm³/mol. The monoisotopic (exact) mass is 286 g/mol. The molecule has 1 atom stereocenters. The van der Waals surface area contributed by atoms with Crippen molar-refractivity contribution in [2.75, 3.05) is 39.8 Å². The Balaban J connectivity index is 1.81. The van der Waals surface area contributed by atoms with Crippen LogP contribution in [0, 0.1) is 11.3 Å². The highest BCUT2D eigenvalue weighted by molar-refractivity contribution is 5.78. The number of hydrogen-bond acceptors (Lipinski definition) is 4. The Labute approximate surface area is 126 Å². The van der Waals surface area contributed by atoms with Gasteiger partial charge in [-0.3, -0.25) is 4.79 Å². The molecule has 0 radical (unpaired) electrons. The number of likely N-dealkylation sites (N-methyl/N-ethyl adjacent to an activating group) is 1. The molecule has 0 aromatic heterocycles. The maximum atomic E-state index is 12.1. The molecule has 1 heterocycles. The summed E-state index contributed by atoms with van der Waals surface area (Å²) in [7, 11) is 2.08. The van der Waals surface area contributed by atoms with Crippen LogP contribution in [0.4, 0.5) is 0 Å². The zero-order valence-corrected chi connectivity index (χ0v) is 12.7. The molecule has 21 heavy (non-hydrogen) atoms. The Morgan fingerprint density at radius 1 is 1.29 bits per heavy atom. The van der Waals surface area contributed by atoms with Crippen LogP contribution in [0.15, 0.2) is 24.3 Å². The summed E-state index contributed by atoms with van der Waals surface area (Å²) < 4.78 is 0. The van der Waals surface area contributed by atoms with Gasteiger partial charge in [0, 0.05) is 32.2 Å². The van der Waals surface area contributed by atoms with Crippen molar-refractivity contribution in [3.8, 4) is 6.07 Å². The summed E-state index contributed by atoms with van der Waals surface area (Å²) >= 11 is 0. The average Bonchev–Trinajstić information content (AvgIpc) is 2.53. The second kappa shape index (κ2) is 7.21. The molecular weight excluding hydrogens is 264 g/mol. The van der Waals surface area contributed by atoms with Gasteiger partial charge in [-0.2, -0.15) is 5.26 Å². The molecule has 0 saturated carbocycles. The van der Waals surface area contributed by atoms with Gasteiger partial charge in [-0.25, -0.2) is 0 Å². The third-order valence-corrected chi connectivity index (χ3v) is 3.96. The van der Waals surface area contributed by atoms with Crippen LogP contribution in [0.2, 0.25) is 0 Å². The Morgan fingerprint density at radius 2 is 1.90 bits per heavy atom. The maximum absolute atomic E-state index is 12.1. The molecular formula is C16H22N4O. The van der Waals surface area contributed by atoms with Gasteiger partial charge in [0.2, 0.25) is 5.91 Å². The first-order valence-electron chi connectivity index (χ1n) is 7.30. The van der Waals surface area contributed by atoms with Crippen LogP contribution in [-0.4, -0.2) is 55.5 Å². The summed E-state index contributed by atoms with van der Waals surface area (Å²) in [6.07, 6.45) is 0. The minimum Gasteiger partial charge on any atom is -0.339 e.